The first-order valence-corrected chi connectivity index (χ1v) is 6.58. The molecule has 19 heavy (non-hydrogen) atoms. The molecule has 1 heterocycles. The molecule has 0 radical (unpaired) electrons. The predicted molar refractivity (Wildman–Crippen MR) is 74.1 cm³/mol. The van der Waals surface area contributed by atoms with Crippen LogP contribution in [-0.2, 0) is 13.5 Å². The summed E-state index contributed by atoms with van der Waals surface area (Å²) in [7, 11) is 1.90. The van der Waals surface area contributed by atoms with Crippen molar-refractivity contribution in [2.75, 3.05) is 6.61 Å². The second kappa shape index (κ2) is 6.38. The second-order valence-corrected chi connectivity index (χ2v) is 4.58. The molecule has 1 unspecified atom stereocenters. The first-order chi connectivity index (χ1) is 9.20. The molecule has 0 saturated heterocycles. The van der Waals surface area contributed by atoms with Gasteiger partial charge in [-0.15, -0.1) is 0 Å². The molecule has 0 fully saturated rings. The van der Waals surface area contributed by atoms with E-state index in [-0.39, 0.29) is 0 Å². The molecule has 1 N–H and O–H groups in total. The lowest BCUT2D eigenvalue weighted by atomic mass is 10.1. The summed E-state index contributed by atoms with van der Waals surface area (Å²) in [6.45, 7) is 2.54. The molecule has 1 aromatic carbocycles. The van der Waals surface area contributed by atoms with Crippen molar-refractivity contribution in [3.05, 3.63) is 47.8 Å². The number of aromatic nitrogens is 2. The molecule has 1 aromatic heterocycles. The van der Waals surface area contributed by atoms with Crippen LogP contribution in [0.2, 0.25) is 0 Å². The van der Waals surface area contributed by atoms with E-state index in [0.29, 0.717) is 13.0 Å². The minimum Gasteiger partial charge on any atom is -0.493 e. The third-order valence-corrected chi connectivity index (χ3v) is 3.07. The predicted octanol–water partition coefficient (Wildman–Crippen LogP) is 2.49. The Balaban J connectivity index is 1.95. The zero-order chi connectivity index (χ0) is 13.7. The van der Waals surface area contributed by atoms with Gasteiger partial charge >= 0.3 is 0 Å². The zero-order valence-corrected chi connectivity index (χ0v) is 11.4. The number of hydrogen-bond donors (Lipinski definition) is 1. The minimum atomic E-state index is -0.463. The Labute approximate surface area is 113 Å². The fourth-order valence-electron chi connectivity index (χ4n) is 1.99. The minimum absolute atomic E-state index is 0.463. The van der Waals surface area contributed by atoms with E-state index in [1.54, 1.807) is 4.68 Å². The fourth-order valence-corrected chi connectivity index (χ4v) is 1.99. The van der Waals surface area contributed by atoms with E-state index < -0.39 is 6.10 Å². The van der Waals surface area contributed by atoms with Gasteiger partial charge in [0, 0.05) is 25.2 Å². The summed E-state index contributed by atoms with van der Waals surface area (Å²) in [4.78, 5) is 0. The van der Waals surface area contributed by atoms with Crippen LogP contribution in [0.25, 0.3) is 0 Å². The molecule has 4 heteroatoms. The molecule has 2 rings (SSSR count). The summed E-state index contributed by atoms with van der Waals surface area (Å²) in [5.41, 5.74) is 2.01. The van der Waals surface area contributed by atoms with E-state index in [1.165, 1.54) is 0 Å². The first-order valence-electron chi connectivity index (χ1n) is 6.58. The average molecular weight is 260 g/mol. The average Bonchev–Trinajstić information content (AvgIpc) is 2.84. The molecule has 4 nitrogen and oxygen atoms in total. The van der Waals surface area contributed by atoms with Crippen LogP contribution in [0.5, 0.6) is 5.75 Å². The molecule has 0 aliphatic heterocycles. The number of ether oxygens (including phenoxy) is 1. The third kappa shape index (κ3) is 3.58. The number of rotatable bonds is 6. The lowest BCUT2D eigenvalue weighted by Crippen LogP contribution is -2.05. The van der Waals surface area contributed by atoms with E-state index in [2.05, 4.69) is 5.10 Å². The number of benzene rings is 1. The summed E-state index contributed by atoms with van der Waals surface area (Å²) < 4.78 is 7.56. The summed E-state index contributed by atoms with van der Waals surface area (Å²) in [5.74, 6) is 0.765. The monoisotopic (exact) mass is 260 g/mol. The van der Waals surface area contributed by atoms with E-state index >= 15 is 0 Å². The normalized spacial score (nSPS) is 12.4. The van der Waals surface area contributed by atoms with Crippen LogP contribution in [0, 0.1) is 0 Å². The Morgan fingerprint density at radius 1 is 1.37 bits per heavy atom. The molecule has 102 valence electrons. The van der Waals surface area contributed by atoms with Gasteiger partial charge in [-0.1, -0.05) is 25.1 Å². The smallest absolute Gasteiger partial charge is 0.125 e. The largest absolute Gasteiger partial charge is 0.493 e. The number of nitrogens with zero attached hydrogens (tertiary/aromatic N) is 2. The van der Waals surface area contributed by atoms with Crippen LogP contribution >= 0.6 is 0 Å². The van der Waals surface area contributed by atoms with Gasteiger partial charge in [0.25, 0.3) is 0 Å². The van der Waals surface area contributed by atoms with E-state index in [4.69, 9.17) is 4.74 Å². The van der Waals surface area contributed by atoms with Crippen LogP contribution in [0.15, 0.2) is 36.7 Å². The van der Waals surface area contributed by atoms with Gasteiger partial charge in [-0.25, -0.2) is 0 Å². The summed E-state index contributed by atoms with van der Waals surface area (Å²) in [5, 5.41) is 14.1. The lowest BCUT2D eigenvalue weighted by molar-refractivity contribution is 0.167. The fraction of sp³-hybridized carbons (Fsp3) is 0.400. The molecule has 0 bridgehead atoms. The van der Waals surface area contributed by atoms with Gasteiger partial charge in [-0.3, -0.25) is 4.68 Å². The molecular weight excluding hydrogens is 240 g/mol. The zero-order valence-electron chi connectivity index (χ0n) is 11.4. The molecule has 1 atom stereocenters. The van der Waals surface area contributed by atoms with Crippen molar-refractivity contribution in [3.63, 3.8) is 0 Å². The van der Waals surface area contributed by atoms with Gasteiger partial charge in [0.1, 0.15) is 5.75 Å². The lowest BCUT2D eigenvalue weighted by Gasteiger charge is -2.14. The Morgan fingerprint density at radius 2 is 2.16 bits per heavy atom. The maximum absolute atomic E-state index is 9.94. The van der Waals surface area contributed by atoms with E-state index in [0.717, 1.165) is 23.3 Å². The summed E-state index contributed by atoms with van der Waals surface area (Å²) in [6, 6.07) is 7.65. The number of aliphatic hydroxyl groups is 1. The van der Waals surface area contributed by atoms with E-state index in [9.17, 15) is 5.11 Å². The van der Waals surface area contributed by atoms with Gasteiger partial charge < -0.3 is 9.84 Å². The summed E-state index contributed by atoms with van der Waals surface area (Å²) >= 11 is 0. The van der Waals surface area contributed by atoms with Crippen LogP contribution < -0.4 is 4.74 Å². The van der Waals surface area contributed by atoms with Crippen molar-refractivity contribution >= 4 is 0 Å². The van der Waals surface area contributed by atoms with Crippen molar-refractivity contribution in [1.29, 1.82) is 0 Å². The van der Waals surface area contributed by atoms with Crippen molar-refractivity contribution < 1.29 is 9.84 Å². The molecule has 0 saturated carbocycles. The van der Waals surface area contributed by atoms with Crippen LogP contribution in [0.3, 0.4) is 0 Å². The highest BCUT2D eigenvalue weighted by molar-refractivity contribution is 5.35. The quantitative estimate of drug-likeness (QED) is 0.868. The Hall–Kier alpha value is -1.81. The molecule has 0 aliphatic rings. The molecule has 0 aliphatic carbocycles. The van der Waals surface area contributed by atoms with Gasteiger partial charge in [0.05, 0.1) is 18.9 Å². The van der Waals surface area contributed by atoms with Crippen LogP contribution in [0.1, 0.15) is 30.6 Å². The topological polar surface area (TPSA) is 47.3 Å². The number of aliphatic hydroxyl groups excluding tert-OH is 1. The molecular formula is C15H20N2O2. The Kier molecular flexibility index (Phi) is 4.58. The molecule has 0 spiro atoms. The first kappa shape index (κ1) is 13.6. The van der Waals surface area contributed by atoms with Gasteiger partial charge in [-0.05, 0) is 18.1 Å². The highest BCUT2D eigenvalue weighted by atomic mass is 16.5. The Bertz CT molecular complexity index is 522. The number of para-hydroxylation sites is 1. The van der Waals surface area contributed by atoms with E-state index in [1.807, 2.05) is 50.6 Å². The van der Waals surface area contributed by atoms with Crippen molar-refractivity contribution in [3.8, 4) is 5.75 Å². The Morgan fingerprint density at radius 3 is 2.84 bits per heavy atom. The van der Waals surface area contributed by atoms with Gasteiger partial charge in [0.15, 0.2) is 0 Å². The van der Waals surface area contributed by atoms with Crippen molar-refractivity contribution in [2.24, 2.45) is 7.05 Å². The third-order valence-electron chi connectivity index (χ3n) is 3.07. The maximum Gasteiger partial charge on any atom is 0.125 e. The van der Waals surface area contributed by atoms with Crippen LogP contribution in [0.4, 0.5) is 0 Å². The highest BCUT2D eigenvalue weighted by Crippen LogP contribution is 2.26. The van der Waals surface area contributed by atoms with Crippen LogP contribution in [-0.4, -0.2) is 21.5 Å². The standard InChI is InChI=1S/C15H20N2O2/c1-3-14(18)13-6-4-5-7-15(13)19-9-8-12-10-16-17(2)11-12/h4-7,10-11,14,18H,3,8-9H2,1-2H3. The number of aryl methyl sites for hydroxylation is 1. The molecule has 0 amide bonds. The van der Waals surface area contributed by atoms with Gasteiger partial charge in [0.2, 0.25) is 0 Å². The summed E-state index contributed by atoms with van der Waals surface area (Å²) in [6.07, 6.45) is 4.86. The van der Waals surface area contributed by atoms with Crippen molar-refractivity contribution in [2.45, 2.75) is 25.9 Å². The SMILES string of the molecule is CCC(O)c1ccccc1OCCc1cnn(C)c1. The maximum atomic E-state index is 9.94. The second-order valence-electron chi connectivity index (χ2n) is 4.58. The highest BCUT2D eigenvalue weighted by Gasteiger charge is 2.10. The van der Waals surface area contributed by atoms with Crippen molar-refractivity contribution in [1.82, 2.24) is 9.78 Å². The number of hydrogen-bond acceptors (Lipinski definition) is 3. The van der Waals surface area contributed by atoms with Gasteiger partial charge in [-0.2, -0.15) is 5.10 Å². The molecule has 2 aromatic rings.